The smallest absolute Gasteiger partial charge is 0.193 e. The van der Waals surface area contributed by atoms with Crippen LogP contribution < -0.4 is 0 Å². The molecule has 0 unspecified atom stereocenters. The van der Waals surface area contributed by atoms with Crippen molar-refractivity contribution in [1.82, 2.24) is 0 Å². The number of carbonyl (C=O) groups is 1. The van der Waals surface area contributed by atoms with Crippen molar-refractivity contribution in [1.29, 1.82) is 0 Å². The normalized spacial score (nSPS) is 10.9. The van der Waals surface area contributed by atoms with Gasteiger partial charge < -0.3 is 0 Å². The van der Waals surface area contributed by atoms with E-state index in [-0.39, 0.29) is 5.78 Å². The van der Waals surface area contributed by atoms with Gasteiger partial charge in [-0.15, -0.1) is 5.11 Å². The van der Waals surface area contributed by atoms with Crippen LogP contribution in [0.1, 0.15) is 15.9 Å². The van der Waals surface area contributed by atoms with Gasteiger partial charge in [0.25, 0.3) is 0 Å². The van der Waals surface area contributed by atoms with Crippen molar-refractivity contribution >= 4 is 28.8 Å². The van der Waals surface area contributed by atoms with Crippen LogP contribution in [0.5, 0.6) is 0 Å². The molecule has 0 N–H and O–H groups in total. The fraction of sp³-hybridized carbons (Fsp3) is 0. The Morgan fingerprint density at radius 3 is 2.14 bits per heavy atom. The Morgan fingerprint density at radius 2 is 1.34 bits per heavy atom. The minimum atomic E-state index is -0.0853. The summed E-state index contributed by atoms with van der Waals surface area (Å²) in [5.41, 5.74) is 4.26. The maximum absolute atomic E-state index is 13.2. The molecule has 0 aromatic heterocycles. The Morgan fingerprint density at radius 1 is 0.655 bits per heavy atom. The van der Waals surface area contributed by atoms with E-state index in [4.69, 9.17) is 11.6 Å². The SMILES string of the molecule is O=C(c1cccc(Cl)c1)c1ccccc1-c1ccccc1N=Nc1ccccc1. The summed E-state index contributed by atoms with van der Waals surface area (Å²) in [5.74, 6) is -0.0853. The molecule has 0 heterocycles. The molecule has 0 aliphatic rings. The molecule has 0 aliphatic heterocycles. The van der Waals surface area contributed by atoms with Gasteiger partial charge in [-0.2, -0.15) is 5.11 Å². The van der Waals surface area contributed by atoms with Gasteiger partial charge >= 0.3 is 0 Å². The molecule has 4 aromatic rings. The van der Waals surface area contributed by atoms with Crippen LogP contribution in [0.3, 0.4) is 0 Å². The van der Waals surface area contributed by atoms with Crippen LogP contribution in [0.25, 0.3) is 11.1 Å². The first-order chi connectivity index (χ1) is 14.2. The lowest BCUT2D eigenvalue weighted by atomic mass is 9.93. The van der Waals surface area contributed by atoms with Gasteiger partial charge in [-0.1, -0.05) is 84.4 Å². The number of hydrogen-bond donors (Lipinski definition) is 0. The number of ketones is 1. The highest BCUT2D eigenvalue weighted by Gasteiger charge is 2.16. The van der Waals surface area contributed by atoms with Crippen LogP contribution in [0.15, 0.2) is 113 Å². The average Bonchev–Trinajstić information content (AvgIpc) is 2.78. The molecule has 0 saturated carbocycles. The molecule has 140 valence electrons. The highest BCUT2D eigenvalue weighted by atomic mass is 35.5. The third-order valence-corrected chi connectivity index (χ3v) is 4.72. The maximum atomic E-state index is 13.2. The van der Waals surface area contributed by atoms with E-state index in [2.05, 4.69) is 10.2 Å². The molecule has 0 fully saturated rings. The average molecular weight is 397 g/mol. The molecular weight excluding hydrogens is 380 g/mol. The van der Waals surface area contributed by atoms with Gasteiger partial charge in [-0.25, -0.2) is 0 Å². The maximum Gasteiger partial charge on any atom is 0.193 e. The van der Waals surface area contributed by atoms with Crippen molar-refractivity contribution < 1.29 is 4.79 Å². The molecular formula is C25H17ClN2O. The number of hydrogen-bond acceptors (Lipinski definition) is 3. The molecule has 4 heteroatoms. The summed E-state index contributed by atoms with van der Waals surface area (Å²) in [7, 11) is 0. The molecule has 0 aliphatic carbocycles. The Balaban J connectivity index is 1.77. The molecule has 0 atom stereocenters. The molecule has 4 rings (SSSR count). The van der Waals surface area contributed by atoms with Crippen molar-refractivity contribution in [3.63, 3.8) is 0 Å². The molecule has 4 aromatic carbocycles. The predicted octanol–water partition coefficient (Wildman–Crippen LogP) is 7.65. The van der Waals surface area contributed by atoms with E-state index in [0.29, 0.717) is 21.8 Å². The third kappa shape index (κ3) is 4.31. The first-order valence-corrected chi connectivity index (χ1v) is 9.56. The van der Waals surface area contributed by atoms with Crippen molar-refractivity contribution in [2.24, 2.45) is 10.2 Å². The minimum absolute atomic E-state index is 0.0853. The molecule has 29 heavy (non-hydrogen) atoms. The molecule has 0 bridgehead atoms. The zero-order chi connectivity index (χ0) is 20.1. The molecule has 0 saturated heterocycles. The van der Waals surface area contributed by atoms with Crippen LogP contribution >= 0.6 is 11.6 Å². The second-order valence-corrected chi connectivity index (χ2v) is 6.87. The molecule has 0 amide bonds. The van der Waals surface area contributed by atoms with Crippen LogP contribution in [0.2, 0.25) is 5.02 Å². The first kappa shape index (κ1) is 18.8. The summed E-state index contributed by atoms with van der Waals surface area (Å²) in [5, 5.41) is 9.30. The van der Waals surface area contributed by atoms with Crippen molar-refractivity contribution in [2.75, 3.05) is 0 Å². The highest BCUT2D eigenvalue weighted by molar-refractivity contribution is 6.31. The van der Waals surface area contributed by atoms with E-state index in [0.717, 1.165) is 16.8 Å². The van der Waals surface area contributed by atoms with Crippen LogP contribution in [0.4, 0.5) is 11.4 Å². The van der Waals surface area contributed by atoms with Crippen LogP contribution in [-0.2, 0) is 0 Å². The standard InChI is InChI=1S/C25H17ClN2O/c26-19-10-8-9-18(17-19)25(29)23-15-5-4-13-21(23)22-14-6-7-16-24(22)28-27-20-11-2-1-3-12-20/h1-17H. The lowest BCUT2D eigenvalue weighted by molar-refractivity contribution is 0.103. The zero-order valence-electron chi connectivity index (χ0n) is 15.5. The summed E-state index contributed by atoms with van der Waals surface area (Å²) >= 11 is 6.08. The van der Waals surface area contributed by atoms with E-state index < -0.39 is 0 Å². The van der Waals surface area contributed by atoms with Crippen LogP contribution in [0, 0.1) is 0 Å². The second kappa shape index (κ2) is 8.63. The van der Waals surface area contributed by atoms with Crippen LogP contribution in [-0.4, -0.2) is 5.78 Å². The van der Waals surface area contributed by atoms with Crippen molar-refractivity contribution in [3.8, 4) is 11.1 Å². The number of halogens is 1. The first-order valence-electron chi connectivity index (χ1n) is 9.18. The predicted molar refractivity (Wildman–Crippen MR) is 117 cm³/mol. The highest BCUT2D eigenvalue weighted by Crippen LogP contribution is 2.34. The number of benzene rings is 4. The van der Waals surface area contributed by atoms with Gasteiger partial charge in [0.1, 0.15) is 0 Å². The van der Waals surface area contributed by atoms with E-state index in [1.165, 1.54) is 0 Å². The fourth-order valence-electron chi connectivity index (χ4n) is 3.10. The summed E-state index contributed by atoms with van der Waals surface area (Å²) in [4.78, 5) is 13.2. The van der Waals surface area contributed by atoms with E-state index in [1.807, 2.05) is 78.9 Å². The van der Waals surface area contributed by atoms with Gasteiger partial charge in [-0.3, -0.25) is 4.79 Å². The van der Waals surface area contributed by atoms with Crippen molar-refractivity contribution in [3.05, 3.63) is 119 Å². The quantitative estimate of drug-likeness (QED) is 0.252. The lowest BCUT2D eigenvalue weighted by Gasteiger charge is -2.11. The van der Waals surface area contributed by atoms with Gasteiger partial charge in [0.05, 0.1) is 11.4 Å². The molecule has 0 radical (unpaired) electrons. The molecule has 3 nitrogen and oxygen atoms in total. The number of rotatable bonds is 5. The molecule has 0 spiro atoms. The van der Waals surface area contributed by atoms with Gasteiger partial charge in [-0.05, 0) is 35.9 Å². The summed E-state index contributed by atoms with van der Waals surface area (Å²) in [6.07, 6.45) is 0. The summed E-state index contributed by atoms with van der Waals surface area (Å²) in [6.45, 7) is 0. The third-order valence-electron chi connectivity index (χ3n) is 4.48. The van der Waals surface area contributed by atoms with Gasteiger partial charge in [0, 0.05) is 21.7 Å². The Kier molecular flexibility index (Phi) is 5.59. The summed E-state index contributed by atoms with van der Waals surface area (Å²) in [6, 6.07) is 31.7. The minimum Gasteiger partial charge on any atom is -0.289 e. The Labute approximate surface area is 174 Å². The number of nitrogens with zero attached hydrogens (tertiary/aromatic N) is 2. The van der Waals surface area contributed by atoms with E-state index >= 15 is 0 Å². The monoisotopic (exact) mass is 396 g/mol. The number of azo groups is 1. The Bertz CT molecular complexity index is 1190. The largest absolute Gasteiger partial charge is 0.289 e. The van der Waals surface area contributed by atoms with Gasteiger partial charge in [0.2, 0.25) is 0 Å². The zero-order valence-corrected chi connectivity index (χ0v) is 16.3. The summed E-state index contributed by atoms with van der Waals surface area (Å²) < 4.78 is 0. The van der Waals surface area contributed by atoms with Crippen molar-refractivity contribution in [2.45, 2.75) is 0 Å². The fourth-order valence-corrected chi connectivity index (χ4v) is 3.29. The second-order valence-electron chi connectivity index (χ2n) is 6.44. The van der Waals surface area contributed by atoms with E-state index in [9.17, 15) is 4.79 Å². The topological polar surface area (TPSA) is 41.8 Å². The van der Waals surface area contributed by atoms with E-state index in [1.54, 1.807) is 24.3 Å². The Hall–Kier alpha value is -3.56. The number of carbonyl (C=O) groups excluding carboxylic acids is 1. The lowest BCUT2D eigenvalue weighted by Crippen LogP contribution is -2.03. The van der Waals surface area contributed by atoms with Gasteiger partial charge in [0.15, 0.2) is 5.78 Å².